The number of aliphatic carboxylic acids is 1. The van der Waals surface area contributed by atoms with Crippen molar-refractivity contribution in [2.45, 2.75) is 50.1 Å². The zero-order valence-electron chi connectivity index (χ0n) is 10.8. The molecule has 1 amide bonds. The molecule has 1 fully saturated rings. The lowest BCUT2D eigenvalue weighted by atomic mass is 9.81. The van der Waals surface area contributed by atoms with Crippen LogP contribution in [-0.4, -0.2) is 40.6 Å². The highest BCUT2D eigenvalue weighted by molar-refractivity contribution is 7.98. The third-order valence-corrected chi connectivity index (χ3v) is 4.09. The van der Waals surface area contributed by atoms with Gasteiger partial charge in [-0.15, -0.1) is 0 Å². The molecule has 4 N–H and O–H groups in total. The van der Waals surface area contributed by atoms with Gasteiger partial charge in [0.15, 0.2) is 0 Å². The molecule has 0 aromatic heterocycles. The van der Waals surface area contributed by atoms with Gasteiger partial charge in [-0.3, -0.25) is 4.79 Å². The second kappa shape index (κ2) is 6.99. The van der Waals surface area contributed by atoms with Gasteiger partial charge in [-0.05, 0) is 31.3 Å². The Labute approximate surface area is 112 Å². The van der Waals surface area contributed by atoms with E-state index in [9.17, 15) is 14.7 Å². The van der Waals surface area contributed by atoms with Crippen LogP contribution in [0.15, 0.2) is 0 Å². The van der Waals surface area contributed by atoms with Crippen LogP contribution in [0.3, 0.4) is 0 Å². The van der Waals surface area contributed by atoms with Gasteiger partial charge in [0.05, 0.1) is 6.04 Å². The van der Waals surface area contributed by atoms with Crippen molar-refractivity contribution >= 4 is 23.6 Å². The van der Waals surface area contributed by atoms with Crippen molar-refractivity contribution in [1.29, 1.82) is 0 Å². The van der Waals surface area contributed by atoms with E-state index in [0.717, 1.165) is 25.0 Å². The van der Waals surface area contributed by atoms with Gasteiger partial charge >= 0.3 is 5.97 Å². The van der Waals surface area contributed by atoms with Gasteiger partial charge in [0.1, 0.15) is 5.54 Å². The number of thioether (sulfide) groups is 1. The number of hydrogen-bond donors (Lipinski definition) is 3. The first-order valence-electron chi connectivity index (χ1n) is 6.32. The normalized spacial score (nSPS) is 20.1. The fourth-order valence-corrected chi connectivity index (χ4v) is 2.74. The fourth-order valence-electron chi connectivity index (χ4n) is 2.25. The lowest BCUT2D eigenvalue weighted by molar-refractivity contribution is -0.149. The van der Waals surface area contributed by atoms with E-state index in [1.807, 2.05) is 6.26 Å². The fraction of sp³-hybridized carbons (Fsp3) is 0.833. The zero-order valence-corrected chi connectivity index (χ0v) is 11.6. The van der Waals surface area contributed by atoms with Gasteiger partial charge in [-0.2, -0.15) is 11.8 Å². The first-order valence-corrected chi connectivity index (χ1v) is 7.71. The molecule has 0 heterocycles. The van der Waals surface area contributed by atoms with E-state index in [-0.39, 0.29) is 5.91 Å². The number of nitrogens with two attached hydrogens (primary N) is 1. The van der Waals surface area contributed by atoms with Gasteiger partial charge in [-0.25, -0.2) is 4.79 Å². The Morgan fingerprint density at radius 1 is 1.39 bits per heavy atom. The van der Waals surface area contributed by atoms with E-state index in [0.29, 0.717) is 19.3 Å². The van der Waals surface area contributed by atoms with Crippen molar-refractivity contribution in [1.82, 2.24) is 5.32 Å². The summed E-state index contributed by atoms with van der Waals surface area (Å²) < 4.78 is 0. The van der Waals surface area contributed by atoms with Gasteiger partial charge in [0.25, 0.3) is 0 Å². The number of carbonyl (C=O) groups excluding carboxylic acids is 1. The van der Waals surface area contributed by atoms with Crippen LogP contribution in [0.1, 0.15) is 38.5 Å². The first-order chi connectivity index (χ1) is 8.52. The van der Waals surface area contributed by atoms with Crippen LogP contribution in [0, 0.1) is 0 Å². The first kappa shape index (κ1) is 15.3. The van der Waals surface area contributed by atoms with Crippen LogP contribution in [0.2, 0.25) is 0 Å². The number of carboxylic acids is 1. The molecule has 0 bridgehead atoms. The molecule has 1 aliphatic rings. The van der Waals surface area contributed by atoms with E-state index in [1.54, 1.807) is 11.8 Å². The Bertz CT molecular complexity index is 304. The highest BCUT2D eigenvalue weighted by Crippen LogP contribution is 2.28. The number of hydrogen-bond acceptors (Lipinski definition) is 4. The highest BCUT2D eigenvalue weighted by Gasteiger charge is 2.41. The smallest absolute Gasteiger partial charge is 0.329 e. The molecule has 0 saturated heterocycles. The van der Waals surface area contributed by atoms with Crippen LogP contribution in [-0.2, 0) is 9.59 Å². The molecule has 5 nitrogen and oxygen atoms in total. The maximum absolute atomic E-state index is 11.9. The molecule has 0 radical (unpaired) electrons. The minimum Gasteiger partial charge on any atom is -0.480 e. The predicted molar refractivity (Wildman–Crippen MR) is 72.6 cm³/mol. The van der Waals surface area contributed by atoms with E-state index in [1.165, 1.54) is 0 Å². The van der Waals surface area contributed by atoms with Gasteiger partial charge in [0.2, 0.25) is 5.91 Å². The van der Waals surface area contributed by atoms with Crippen molar-refractivity contribution in [3.05, 3.63) is 0 Å². The average Bonchev–Trinajstić information content (AvgIpc) is 2.36. The third-order valence-electron chi connectivity index (χ3n) is 3.45. The van der Waals surface area contributed by atoms with Crippen molar-refractivity contribution < 1.29 is 14.7 Å². The largest absolute Gasteiger partial charge is 0.480 e. The van der Waals surface area contributed by atoms with Crippen molar-refractivity contribution in [3.63, 3.8) is 0 Å². The Morgan fingerprint density at radius 3 is 2.50 bits per heavy atom. The Balaban J connectivity index is 2.60. The molecular weight excluding hydrogens is 252 g/mol. The molecule has 0 unspecified atom stereocenters. The molecule has 0 aromatic rings. The number of nitrogens with one attached hydrogen (secondary N) is 1. The average molecular weight is 274 g/mol. The number of rotatable bonds is 6. The van der Waals surface area contributed by atoms with E-state index in [2.05, 4.69) is 5.32 Å². The van der Waals surface area contributed by atoms with Crippen molar-refractivity contribution in [3.8, 4) is 0 Å². The zero-order chi connectivity index (χ0) is 13.6. The Kier molecular flexibility index (Phi) is 5.95. The van der Waals surface area contributed by atoms with Gasteiger partial charge in [0, 0.05) is 0 Å². The van der Waals surface area contributed by atoms with Crippen molar-refractivity contribution in [2.75, 3.05) is 12.0 Å². The number of amides is 1. The minimum atomic E-state index is -1.09. The molecular formula is C12H22N2O3S. The van der Waals surface area contributed by atoms with E-state index < -0.39 is 17.6 Å². The number of carboxylic acid groups (broad SMARTS) is 1. The maximum Gasteiger partial charge on any atom is 0.329 e. The van der Waals surface area contributed by atoms with Crippen LogP contribution in [0.4, 0.5) is 0 Å². The third kappa shape index (κ3) is 3.88. The molecule has 6 heteroatoms. The summed E-state index contributed by atoms with van der Waals surface area (Å²) in [6, 6.07) is -0.615. The summed E-state index contributed by atoms with van der Waals surface area (Å²) in [6.45, 7) is 0. The Morgan fingerprint density at radius 2 is 2.00 bits per heavy atom. The summed E-state index contributed by atoms with van der Waals surface area (Å²) in [5.41, 5.74) is 4.67. The van der Waals surface area contributed by atoms with Crippen LogP contribution in [0.25, 0.3) is 0 Å². The molecule has 1 saturated carbocycles. The summed E-state index contributed by atoms with van der Waals surface area (Å²) in [5.74, 6) is -0.477. The second-order valence-corrected chi connectivity index (χ2v) is 5.81. The molecule has 0 spiro atoms. The van der Waals surface area contributed by atoms with Crippen LogP contribution in [0.5, 0.6) is 0 Å². The van der Waals surface area contributed by atoms with Crippen LogP contribution >= 0.6 is 11.8 Å². The molecule has 0 aromatic carbocycles. The lowest BCUT2D eigenvalue weighted by Gasteiger charge is -2.34. The quantitative estimate of drug-likeness (QED) is 0.671. The molecule has 1 rings (SSSR count). The van der Waals surface area contributed by atoms with E-state index in [4.69, 9.17) is 5.73 Å². The monoisotopic (exact) mass is 274 g/mol. The number of carbonyl (C=O) groups is 2. The molecule has 0 aliphatic heterocycles. The predicted octanol–water partition coefficient (Wildman–Crippen LogP) is 0.970. The van der Waals surface area contributed by atoms with Gasteiger partial charge in [-0.1, -0.05) is 19.3 Å². The molecule has 1 atom stereocenters. The van der Waals surface area contributed by atoms with Gasteiger partial charge < -0.3 is 16.2 Å². The van der Waals surface area contributed by atoms with Crippen molar-refractivity contribution in [2.24, 2.45) is 5.73 Å². The molecule has 1 aliphatic carbocycles. The second-order valence-electron chi connectivity index (χ2n) is 4.83. The summed E-state index contributed by atoms with van der Waals surface area (Å²) >= 11 is 1.62. The van der Waals surface area contributed by atoms with Crippen LogP contribution < -0.4 is 11.1 Å². The summed E-state index contributed by atoms with van der Waals surface area (Å²) in [6.07, 6.45) is 6.24. The Hall–Kier alpha value is -0.750. The standard InChI is InChI=1S/C12H22N2O3S/c1-18-8-5-9(13)10(15)14-12(11(16)17)6-3-2-4-7-12/h9H,2-8,13H2,1H3,(H,14,15)(H,16,17)/t9-/m0/s1. The lowest BCUT2D eigenvalue weighted by Crippen LogP contribution is -2.59. The maximum atomic E-state index is 11.9. The topological polar surface area (TPSA) is 92.4 Å². The van der Waals surface area contributed by atoms with E-state index >= 15 is 0 Å². The molecule has 104 valence electrons. The highest BCUT2D eigenvalue weighted by atomic mass is 32.2. The summed E-state index contributed by atoms with van der Waals surface area (Å²) in [5, 5.41) is 12.0. The summed E-state index contributed by atoms with van der Waals surface area (Å²) in [4.78, 5) is 23.3. The molecule has 18 heavy (non-hydrogen) atoms. The SMILES string of the molecule is CSCC[C@H](N)C(=O)NC1(C(=O)O)CCCCC1. The minimum absolute atomic E-state index is 0.339. The summed E-state index contributed by atoms with van der Waals surface area (Å²) in [7, 11) is 0.